The number of carbonyl (C=O) groups excluding carboxylic acids is 1. The van der Waals surface area contributed by atoms with Crippen molar-refractivity contribution in [1.82, 2.24) is 24.6 Å². The molecule has 0 spiro atoms. The van der Waals surface area contributed by atoms with Crippen LogP contribution >= 0.6 is 0 Å². The van der Waals surface area contributed by atoms with Gasteiger partial charge in [0.15, 0.2) is 0 Å². The molecule has 0 radical (unpaired) electrons. The Labute approximate surface area is 158 Å². The molecule has 0 saturated carbocycles. The van der Waals surface area contributed by atoms with Crippen LogP contribution in [0.25, 0.3) is 0 Å². The Bertz CT molecular complexity index is 818. The number of benzene rings is 1. The third kappa shape index (κ3) is 4.16. The Kier molecular flexibility index (Phi) is 5.55. The lowest BCUT2D eigenvalue weighted by Gasteiger charge is -2.35. The Morgan fingerprint density at radius 3 is 2.59 bits per heavy atom. The number of fused-ring (bicyclic) bond motifs is 1. The van der Waals surface area contributed by atoms with Gasteiger partial charge in [0.25, 0.3) is 0 Å². The van der Waals surface area contributed by atoms with E-state index in [1.807, 2.05) is 48.7 Å². The average molecular weight is 371 g/mol. The van der Waals surface area contributed by atoms with Gasteiger partial charge >= 0.3 is 5.97 Å². The molecule has 1 aromatic carbocycles. The van der Waals surface area contributed by atoms with Crippen LogP contribution in [0.2, 0.25) is 0 Å². The molecule has 1 aromatic heterocycles. The van der Waals surface area contributed by atoms with Crippen molar-refractivity contribution in [2.45, 2.75) is 52.5 Å². The molecule has 1 atom stereocenters. The lowest BCUT2D eigenvalue weighted by atomic mass is 10.1. The van der Waals surface area contributed by atoms with Crippen molar-refractivity contribution in [2.75, 3.05) is 6.54 Å². The van der Waals surface area contributed by atoms with Crippen LogP contribution in [0.5, 0.6) is 0 Å². The number of rotatable bonds is 6. The van der Waals surface area contributed by atoms with E-state index >= 15 is 0 Å². The number of nitrogens with zero attached hydrogens (tertiary/aromatic N) is 5. The maximum atomic E-state index is 13.0. The number of hydrogen-bond acceptors (Lipinski definition) is 5. The highest BCUT2D eigenvalue weighted by Crippen LogP contribution is 2.19. The van der Waals surface area contributed by atoms with Crippen molar-refractivity contribution in [3.63, 3.8) is 0 Å². The van der Waals surface area contributed by atoms with Gasteiger partial charge in [0.1, 0.15) is 17.7 Å². The maximum absolute atomic E-state index is 13.0. The summed E-state index contributed by atoms with van der Waals surface area (Å²) in [6.07, 6.45) is 0. The van der Waals surface area contributed by atoms with E-state index in [0.717, 1.165) is 5.56 Å². The van der Waals surface area contributed by atoms with Crippen LogP contribution in [-0.4, -0.2) is 60.2 Å². The van der Waals surface area contributed by atoms with E-state index < -0.39 is 12.0 Å². The summed E-state index contributed by atoms with van der Waals surface area (Å²) >= 11 is 0. The molecule has 1 amide bonds. The predicted octanol–water partition coefficient (Wildman–Crippen LogP) is 1.29. The van der Waals surface area contributed by atoms with Crippen LogP contribution in [0.15, 0.2) is 30.3 Å². The summed E-state index contributed by atoms with van der Waals surface area (Å²) < 4.78 is 1.81. The summed E-state index contributed by atoms with van der Waals surface area (Å²) in [6, 6.07) is 9.02. The van der Waals surface area contributed by atoms with Gasteiger partial charge in [-0.15, -0.1) is 10.2 Å². The van der Waals surface area contributed by atoms with Crippen LogP contribution in [0.4, 0.5) is 0 Å². The minimum absolute atomic E-state index is 0.0108. The highest BCUT2D eigenvalue weighted by Gasteiger charge is 2.35. The molecule has 1 N–H and O–H groups in total. The molecule has 0 saturated heterocycles. The zero-order chi connectivity index (χ0) is 19.6. The first-order valence-corrected chi connectivity index (χ1v) is 9.05. The third-order valence-corrected chi connectivity index (χ3v) is 4.92. The summed E-state index contributed by atoms with van der Waals surface area (Å²) in [5.41, 5.74) is 1.04. The van der Waals surface area contributed by atoms with E-state index in [1.54, 1.807) is 16.7 Å². The summed E-state index contributed by atoms with van der Waals surface area (Å²) in [7, 11) is 0. The van der Waals surface area contributed by atoms with Crippen molar-refractivity contribution in [3.8, 4) is 0 Å². The molecule has 27 heavy (non-hydrogen) atoms. The first-order valence-electron chi connectivity index (χ1n) is 9.05. The molecule has 2 heterocycles. The fourth-order valence-corrected chi connectivity index (χ4v) is 3.36. The van der Waals surface area contributed by atoms with Crippen LogP contribution in [0, 0.1) is 6.92 Å². The largest absolute Gasteiger partial charge is 0.480 e. The normalized spacial score (nSPS) is 17.0. The Hall–Kier alpha value is -2.74. The minimum atomic E-state index is -0.944. The van der Waals surface area contributed by atoms with Crippen molar-refractivity contribution >= 4 is 11.9 Å². The molecule has 1 unspecified atom stereocenters. The van der Waals surface area contributed by atoms with Crippen LogP contribution in [0.1, 0.15) is 31.1 Å². The number of aryl methyl sites for hydroxylation is 1. The van der Waals surface area contributed by atoms with Gasteiger partial charge in [0.05, 0.1) is 19.6 Å². The smallest absolute Gasteiger partial charge is 0.322 e. The Morgan fingerprint density at radius 2 is 1.96 bits per heavy atom. The fourth-order valence-electron chi connectivity index (χ4n) is 3.36. The van der Waals surface area contributed by atoms with Gasteiger partial charge in [0.2, 0.25) is 5.91 Å². The van der Waals surface area contributed by atoms with Crippen molar-refractivity contribution < 1.29 is 14.7 Å². The van der Waals surface area contributed by atoms with Gasteiger partial charge < -0.3 is 14.6 Å². The molecule has 1 aliphatic heterocycles. The first-order chi connectivity index (χ1) is 12.9. The van der Waals surface area contributed by atoms with Crippen LogP contribution in [-0.2, 0) is 29.2 Å². The number of aliphatic carboxylic acids is 1. The summed E-state index contributed by atoms with van der Waals surface area (Å²) in [5.74, 6) is 0.345. The van der Waals surface area contributed by atoms with Crippen LogP contribution < -0.4 is 0 Å². The van der Waals surface area contributed by atoms with Gasteiger partial charge in [-0.05, 0) is 26.3 Å². The zero-order valence-electron chi connectivity index (χ0n) is 15.9. The van der Waals surface area contributed by atoms with Crippen molar-refractivity contribution in [3.05, 3.63) is 47.5 Å². The quantitative estimate of drug-likeness (QED) is 0.823. The van der Waals surface area contributed by atoms with Gasteiger partial charge in [-0.25, -0.2) is 0 Å². The number of hydrogen-bond donors (Lipinski definition) is 1. The molecule has 0 aliphatic carbocycles. The van der Waals surface area contributed by atoms with E-state index in [9.17, 15) is 14.7 Å². The number of amides is 1. The second-order valence-electron chi connectivity index (χ2n) is 7.13. The highest BCUT2D eigenvalue weighted by molar-refractivity contribution is 5.80. The first kappa shape index (κ1) is 19.0. The molecule has 0 bridgehead atoms. The molecule has 0 fully saturated rings. The molecule has 3 rings (SSSR count). The van der Waals surface area contributed by atoms with Gasteiger partial charge in [-0.2, -0.15) is 0 Å². The number of carbonyl (C=O) groups is 2. The van der Waals surface area contributed by atoms with Gasteiger partial charge in [-0.1, -0.05) is 30.3 Å². The second-order valence-corrected chi connectivity index (χ2v) is 7.13. The molecule has 1 aliphatic rings. The van der Waals surface area contributed by atoms with Gasteiger partial charge in [0, 0.05) is 12.6 Å². The standard InChI is InChI=1S/C19H25N5O3/c1-13(2)23(9-15-7-5-4-6-8-15)18(25)12-22-11-17-21-20-14(3)24(17)10-16(22)19(26)27/h4-8,13,16H,9-12H2,1-3H3,(H,26,27). The van der Waals surface area contributed by atoms with Gasteiger partial charge in [-0.3, -0.25) is 14.5 Å². The topological polar surface area (TPSA) is 91.6 Å². The third-order valence-electron chi connectivity index (χ3n) is 4.92. The molecular formula is C19H25N5O3. The van der Waals surface area contributed by atoms with Crippen LogP contribution in [0.3, 0.4) is 0 Å². The second kappa shape index (κ2) is 7.87. The Morgan fingerprint density at radius 1 is 1.26 bits per heavy atom. The summed E-state index contributed by atoms with van der Waals surface area (Å²) in [5, 5.41) is 17.8. The van der Waals surface area contributed by atoms with E-state index in [1.165, 1.54) is 0 Å². The SMILES string of the molecule is Cc1nnc2n1CC(C(=O)O)N(CC(=O)N(Cc1ccccc1)C(C)C)C2. The zero-order valence-corrected chi connectivity index (χ0v) is 15.9. The lowest BCUT2D eigenvalue weighted by molar-refractivity contribution is -0.147. The van der Waals surface area contributed by atoms with E-state index in [4.69, 9.17) is 0 Å². The maximum Gasteiger partial charge on any atom is 0.322 e. The summed E-state index contributed by atoms with van der Waals surface area (Å²) in [6.45, 7) is 6.80. The van der Waals surface area contributed by atoms with E-state index in [2.05, 4.69) is 10.2 Å². The molecule has 8 nitrogen and oxygen atoms in total. The Balaban J connectivity index is 1.76. The average Bonchev–Trinajstić information content (AvgIpc) is 2.99. The highest BCUT2D eigenvalue weighted by atomic mass is 16.4. The summed E-state index contributed by atoms with van der Waals surface area (Å²) in [4.78, 5) is 28.2. The number of carboxylic acids is 1. The molecule has 144 valence electrons. The molecular weight excluding hydrogens is 346 g/mol. The number of aromatic nitrogens is 3. The fraction of sp³-hybridized carbons (Fsp3) is 0.474. The monoisotopic (exact) mass is 371 g/mol. The minimum Gasteiger partial charge on any atom is -0.480 e. The van der Waals surface area contributed by atoms with Crippen molar-refractivity contribution in [1.29, 1.82) is 0 Å². The lowest BCUT2D eigenvalue weighted by Crippen LogP contribution is -2.52. The van der Waals surface area contributed by atoms with Crippen molar-refractivity contribution in [2.24, 2.45) is 0 Å². The van der Waals surface area contributed by atoms with E-state index in [0.29, 0.717) is 24.7 Å². The number of carboxylic acid groups (broad SMARTS) is 1. The van der Waals surface area contributed by atoms with E-state index in [-0.39, 0.29) is 25.0 Å². The molecule has 2 aromatic rings. The molecule has 8 heteroatoms. The predicted molar refractivity (Wildman–Crippen MR) is 98.7 cm³/mol.